The zero-order chi connectivity index (χ0) is 13.9. The van der Waals surface area contributed by atoms with Crippen molar-refractivity contribution >= 4 is 17.2 Å². The van der Waals surface area contributed by atoms with Crippen molar-refractivity contribution in [3.8, 4) is 11.5 Å². The quantitative estimate of drug-likeness (QED) is 0.901. The molecule has 2 heterocycles. The first-order valence-electron chi connectivity index (χ1n) is 6.22. The fraction of sp³-hybridized carbons (Fsp3) is 0.214. The average molecular weight is 290 g/mol. The lowest BCUT2D eigenvalue weighted by atomic mass is 10.2. The van der Waals surface area contributed by atoms with Gasteiger partial charge in [-0.1, -0.05) is 6.07 Å². The molecule has 1 amide bonds. The Morgan fingerprint density at radius 3 is 2.90 bits per heavy atom. The molecule has 0 saturated carbocycles. The summed E-state index contributed by atoms with van der Waals surface area (Å²) >= 11 is 1.41. The number of nitrogens with one attached hydrogen (secondary N) is 1. The van der Waals surface area contributed by atoms with E-state index in [1.165, 1.54) is 11.3 Å². The molecule has 0 aliphatic carbocycles. The second-order valence-corrected chi connectivity index (χ2v) is 5.51. The van der Waals surface area contributed by atoms with Crippen LogP contribution in [0.2, 0.25) is 0 Å². The molecule has 1 aromatic heterocycles. The largest absolute Gasteiger partial charge is 0.454 e. The van der Waals surface area contributed by atoms with Crippen molar-refractivity contribution in [1.29, 1.82) is 0 Å². The van der Waals surface area contributed by atoms with E-state index in [9.17, 15) is 4.79 Å². The summed E-state index contributed by atoms with van der Waals surface area (Å²) in [6.07, 6.45) is 0. The second kappa shape index (κ2) is 5.52. The summed E-state index contributed by atoms with van der Waals surface area (Å²) in [7, 11) is 0. The Balaban J connectivity index is 1.63. The van der Waals surface area contributed by atoms with Crippen LogP contribution in [0.4, 0.5) is 0 Å². The summed E-state index contributed by atoms with van der Waals surface area (Å²) in [6, 6.07) is 9.30. The molecule has 5 nitrogen and oxygen atoms in total. The molecule has 0 atom stereocenters. The number of rotatable bonds is 4. The molecule has 0 fully saturated rings. The lowest BCUT2D eigenvalue weighted by Crippen LogP contribution is -2.21. The van der Waals surface area contributed by atoms with E-state index in [1.54, 1.807) is 6.07 Å². The minimum absolute atomic E-state index is 0.0904. The first-order valence-corrected chi connectivity index (χ1v) is 7.03. The van der Waals surface area contributed by atoms with Crippen LogP contribution in [-0.4, -0.2) is 12.7 Å². The van der Waals surface area contributed by atoms with E-state index < -0.39 is 0 Å². The average Bonchev–Trinajstić information content (AvgIpc) is 3.12. The second-order valence-electron chi connectivity index (χ2n) is 4.34. The Labute approximate surface area is 120 Å². The van der Waals surface area contributed by atoms with E-state index in [1.807, 2.05) is 24.3 Å². The SMILES string of the molecule is NCc1ccc(C(=O)NCc2ccc3c(c2)OCO3)s1. The van der Waals surface area contributed by atoms with Gasteiger partial charge in [0.2, 0.25) is 6.79 Å². The van der Waals surface area contributed by atoms with E-state index in [-0.39, 0.29) is 12.7 Å². The number of fused-ring (bicyclic) bond motifs is 1. The van der Waals surface area contributed by atoms with Gasteiger partial charge in [0.25, 0.3) is 5.91 Å². The number of ether oxygens (including phenoxy) is 2. The molecule has 0 spiro atoms. The van der Waals surface area contributed by atoms with Gasteiger partial charge in [-0.25, -0.2) is 0 Å². The lowest BCUT2D eigenvalue weighted by Gasteiger charge is -2.05. The van der Waals surface area contributed by atoms with Gasteiger partial charge in [0, 0.05) is 18.0 Å². The Morgan fingerprint density at radius 1 is 1.25 bits per heavy atom. The van der Waals surface area contributed by atoms with Crippen LogP contribution in [-0.2, 0) is 13.1 Å². The number of nitrogens with two attached hydrogens (primary N) is 1. The van der Waals surface area contributed by atoms with Crippen molar-refractivity contribution in [2.45, 2.75) is 13.1 Å². The minimum Gasteiger partial charge on any atom is -0.454 e. The van der Waals surface area contributed by atoms with Gasteiger partial charge in [-0.15, -0.1) is 11.3 Å². The maximum atomic E-state index is 12.0. The lowest BCUT2D eigenvalue weighted by molar-refractivity contribution is 0.0955. The van der Waals surface area contributed by atoms with Gasteiger partial charge in [0.15, 0.2) is 11.5 Å². The molecule has 6 heteroatoms. The number of carbonyl (C=O) groups excluding carboxylic acids is 1. The summed E-state index contributed by atoms with van der Waals surface area (Å²) < 4.78 is 10.5. The number of thiophene rings is 1. The molecule has 2 aromatic rings. The first kappa shape index (κ1) is 13.0. The van der Waals surface area contributed by atoms with Gasteiger partial charge in [-0.2, -0.15) is 0 Å². The van der Waals surface area contributed by atoms with Gasteiger partial charge in [-0.3, -0.25) is 4.79 Å². The van der Waals surface area contributed by atoms with Gasteiger partial charge >= 0.3 is 0 Å². The summed E-state index contributed by atoms with van der Waals surface area (Å²) in [5.74, 6) is 1.37. The number of hydrogen-bond donors (Lipinski definition) is 2. The van der Waals surface area contributed by atoms with E-state index in [2.05, 4.69) is 5.32 Å². The third-order valence-corrected chi connectivity index (χ3v) is 4.08. The molecule has 3 rings (SSSR count). The van der Waals surface area contributed by atoms with Crippen molar-refractivity contribution in [2.75, 3.05) is 6.79 Å². The van der Waals surface area contributed by atoms with E-state index in [0.717, 1.165) is 21.9 Å². The van der Waals surface area contributed by atoms with Crippen LogP contribution < -0.4 is 20.5 Å². The highest BCUT2D eigenvalue weighted by molar-refractivity contribution is 7.14. The number of amides is 1. The van der Waals surface area contributed by atoms with E-state index >= 15 is 0 Å². The Kier molecular flexibility index (Phi) is 3.58. The van der Waals surface area contributed by atoms with Crippen molar-refractivity contribution in [2.24, 2.45) is 5.73 Å². The third-order valence-electron chi connectivity index (χ3n) is 2.98. The summed E-state index contributed by atoms with van der Waals surface area (Å²) in [4.78, 5) is 13.7. The smallest absolute Gasteiger partial charge is 0.261 e. The zero-order valence-corrected chi connectivity index (χ0v) is 11.5. The highest BCUT2D eigenvalue weighted by Gasteiger charge is 2.14. The van der Waals surface area contributed by atoms with E-state index in [0.29, 0.717) is 18.0 Å². The Morgan fingerprint density at radius 2 is 2.10 bits per heavy atom. The fourth-order valence-corrected chi connectivity index (χ4v) is 2.73. The molecule has 20 heavy (non-hydrogen) atoms. The molecule has 0 unspecified atom stereocenters. The standard InChI is InChI=1S/C14H14N2O3S/c15-6-10-2-4-13(20-10)14(17)16-7-9-1-3-11-12(5-9)19-8-18-11/h1-5H,6-8,15H2,(H,16,17). The van der Waals surface area contributed by atoms with Gasteiger partial charge in [0.05, 0.1) is 4.88 Å². The Bertz CT molecular complexity index is 639. The van der Waals surface area contributed by atoms with Gasteiger partial charge in [-0.05, 0) is 29.8 Å². The van der Waals surface area contributed by atoms with Crippen molar-refractivity contribution < 1.29 is 14.3 Å². The highest BCUT2D eigenvalue weighted by atomic mass is 32.1. The van der Waals surface area contributed by atoms with Crippen LogP contribution in [0.25, 0.3) is 0 Å². The van der Waals surface area contributed by atoms with E-state index in [4.69, 9.17) is 15.2 Å². The molecular formula is C14H14N2O3S. The van der Waals surface area contributed by atoms with Crippen molar-refractivity contribution in [1.82, 2.24) is 5.32 Å². The normalized spacial score (nSPS) is 12.4. The van der Waals surface area contributed by atoms with Gasteiger partial charge in [0.1, 0.15) is 0 Å². The summed E-state index contributed by atoms with van der Waals surface area (Å²) in [5.41, 5.74) is 6.50. The minimum atomic E-state index is -0.0904. The van der Waals surface area contributed by atoms with Crippen LogP contribution in [0.5, 0.6) is 11.5 Å². The Hall–Kier alpha value is -2.05. The summed E-state index contributed by atoms with van der Waals surface area (Å²) in [5, 5.41) is 2.88. The molecule has 0 radical (unpaired) electrons. The third kappa shape index (κ3) is 2.61. The molecule has 1 aliphatic heterocycles. The molecule has 104 valence electrons. The zero-order valence-electron chi connectivity index (χ0n) is 10.7. The van der Waals surface area contributed by atoms with Crippen LogP contribution >= 0.6 is 11.3 Å². The van der Waals surface area contributed by atoms with Crippen LogP contribution in [0.15, 0.2) is 30.3 Å². The highest BCUT2D eigenvalue weighted by Crippen LogP contribution is 2.32. The molecular weight excluding hydrogens is 276 g/mol. The predicted octanol–water partition coefficient (Wildman–Crippen LogP) is 1.87. The maximum absolute atomic E-state index is 12.0. The number of carbonyl (C=O) groups is 1. The molecule has 0 bridgehead atoms. The topological polar surface area (TPSA) is 73.6 Å². The summed E-state index contributed by atoms with van der Waals surface area (Å²) in [6.45, 7) is 1.16. The van der Waals surface area contributed by atoms with Gasteiger partial charge < -0.3 is 20.5 Å². The van der Waals surface area contributed by atoms with Crippen molar-refractivity contribution in [3.05, 3.63) is 45.6 Å². The number of hydrogen-bond acceptors (Lipinski definition) is 5. The molecule has 3 N–H and O–H groups in total. The monoisotopic (exact) mass is 290 g/mol. The molecule has 1 aliphatic rings. The van der Waals surface area contributed by atoms with Crippen LogP contribution in [0, 0.1) is 0 Å². The van der Waals surface area contributed by atoms with Crippen molar-refractivity contribution in [3.63, 3.8) is 0 Å². The first-order chi connectivity index (χ1) is 9.76. The maximum Gasteiger partial charge on any atom is 0.261 e. The van der Waals surface area contributed by atoms with Crippen LogP contribution in [0.3, 0.4) is 0 Å². The molecule has 1 aromatic carbocycles. The predicted molar refractivity (Wildman–Crippen MR) is 75.9 cm³/mol. The van der Waals surface area contributed by atoms with Crippen LogP contribution in [0.1, 0.15) is 20.1 Å². The molecule has 0 saturated heterocycles. The number of benzene rings is 1. The fourth-order valence-electron chi connectivity index (χ4n) is 1.93.